The highest BCUT2D eigenvalue weighted by Crippen LogP contribution is 2.41. The number of fused-ring (bicyclic) bond motifs is 1. The van der Waals surface area contributed by atoms with Gasteiger partial charge in [0, 0.05) is 18.2 Å². The van der Waals surface area contributed by atoms with E-state index >= 15 is 0 Å². The van der Waals surface area contributed by atoms with Gasteiger partial charge in [-0.15, -0.1) is 0 Å². The SMILES string of the molecule is CCC(O)CCn1c(C2CC2)nc2cc(N)ccc21. The Morgan fingerprint density at radius 1 is 1.47 bits per heavy atom. The fraction of sp³-hybridized carbons (Fsp3) is 0.533. The number of nitrogen functional groups attached to an aromatic ring is 1. The Labute approximate surface area is 113 Å². The first-order chi connectivity index (χ1) is 9.19. The van der Waals surface area contributed by atoms with E-state index in [-0.39, 0.29) is 6.10 Å². The van der Waals surface area contributed by atoms with Crippen LogP contribution < -0.4 is 5.73 Å². The highest BCUT2D eigenvalue weighted by atomic mass is 16.3. The van der Waals surface area contributed by atoms with E-state index in [1.807, 2.05) is 25.1 Å². The van der Waals surface area contributed by atoms with E-state index in [1.54, 1.807) is 0 Å². The summed E-state index contributed by atoms with van der Waals surface area (Å²) in [5.41, 5.74) is 8.70. The Hall–Kier alpha value is -1.55. The second kappa shape index (κ2) is 4.85. The lowest BCUT2D eigenvalue weighted by atomic mass is 10.2. The summed E-state index contributed by atoms with van der Waals surface area (Å²) < 4.78 is 2.27. The predicted molar refractivity (Wildman–Crippen MR) is 77.0 cm³/mol. The van der Waals surface area contributed by atoms with Crippen molar-refractivity contribution in [2.45, 2.75) is 51.2 Å². The van der Waals surface area contributed by atoms with Gasteiger partial charge in [0.25, 0.3) is 0 Å². The molecule has 0 amide bonds. The molecule has 4 nitrogen and oxygen atoms in total. The Bertz CT molecular complexity index is 586. The summed E-state index contributed by atoms with van der Waals surface area (Å²) in [6.07, 6.45) is 3.83. The zero-order chi connectivity index (χ0) is 13.4. The molecule has 1 aromatic heterocycles. The number of aromatic nitrogens is 2. The van der Waals surface area contributed by atoms with Gasteiger partial charge in [-0.1, -0.05) is 6.92 Å². The highest BCUT2D eigenvalue weighted by molar-refractivity contribution is 5.79. The van der Waals surface area contributed by atoms with E-state index in [2.05, 4.69) is 4.57 Å². The number of hydrogen-bond acceptors (Lipinski definition) is 3. The normalized spacial score (nSPS) is 16.9. The second-order valence-electron chi connectivity index (χ2n) is 5.49. The molecule has 1 fully saturated rings. The van der Waals surface area contributed by atoms with Gasteiger partial charge in [-0.3, -0.25) is 0 Å². The molecule has 2 aromatic rings. The highest BCUT2D eigenvalue weighted by Gasteiger charge is 2.29. The third kappa shape index (κ3) is 2.45. The maximum atomic E-state index is 9.76. The van der Waals surface area contributed by atoms with Crippen molar-refractivity contribution in [3.05, 3.63) is 24.0 Å². The molecule has 0 bridgehead atoms. The molecular weight excluding hydrogens is 238 g/mol. The van der Waals surface area contributed by atoms with Crippen LogP contribution in [0.15, 0.2) is 18.2 Å². The topological polar surface area (TPSA) is 64.1 Å². The quantitative estimate of drug-likeness (QED) is 0.811. The molecule has 0 radical (unpaired) electrons. The van der Waals surface area contributed by atoms with Gasteiger partial charge < -0.3 is 15.4 Å². The van der Waals surface area contributed by atoms with Crippen molar-refractivity contribution in [2.24, 2.45) is 0 Å². The van der Waals surface area contributed by atoms with Crippen molar-refractivity contribution < 1.29 is 5.11 Å². The minimum Gasteiger partial charge on any atom is -0.399 e. The van der Waals surface area contributed by atoms with Crippen molar-refractivity contribution in [3.63, 3.8) is 0 Å². The summed E-state index contributed by atoms with van der Waals surface area (Å²) in [6, 6.07) is 5.91. The average Bonchev–Trinajstić information content (AvgIpc) is 3.18. The van der Waals surface area contributed by atoms with Crippen LogP contribution in [0.4, 0.5) is 5.69 Å². The van der Waals surface area contributed by atoms with Crippen LogP contribution in [-0.2, 0) is 6.54 Å². The van der Waals surface area contributed by atoms with Gasteiger partial charge in [-0.05, 0) is 43.9 Å². The fourth-order valence-electron chi connectivity index (χ4n) is 2.54. The van der Waals surface area contributed by atoms with Crippen LogP contribution in [0.25, 0.3) is 11.0 Å². The van der Waals surface area contributed by atoms with Crippen molar-refractivity contribution in [1.82, 2.24) is 9.55 Å². The molecule has 3 rings (SSSR count). The second-order valence-corrected chi connectivity index (χ2v) is 5.49. The molecule has 1 aliphatic carbocycles. The van der Waals surface area contributed by atoms with Crippen LogP contribution in [0, 0.1) is 0 Å². The first kappa shape index (κ1) is 12.5. The first-order valence-corrected chi connectivity index (χ1v) is 7.12. The molecule has 0 saturated heterocycles. The van der Waals surface area contributed by atoms with Crippen LogP contribution in [0.1, 0.15) is 44.3 Å². The van der Waals surface area contributed by atoms with E-state index < -0.39 is 0 Å². The Morgan fingerprint density at radius 3 is 2.95 bits per heavy atom. The van der Waals surface area contributed by atoms with E-state index in [4.69, 9.17) is 10.7 Å². The number of aliphatic hydroxyl groups excluding tert-OH is 1. The smallest absolute Gasteiger partial charge is 0.112 e. The summed E-state index contributed by atoms with van der Waals surface area (Å²) in [5.74, 6) is 1.77. The van der Waals surface area contributed by atoms with Crippen LogP contribution in [0.5, 0.6) is 0 Å². The predicted octanol–water partition coefficient (Wildman–Crippen LogP) is 2.66. The standard InChI is InChI=1S/C15H21N3O/c1-2-12(19)7-8-18-14-6-5-11(16)9-13(14)17-15(18)10-3-4-10/h5-6,9-10,12,19H,2-4,7-8,16H2,1H3. The number of nitrogens with zero attached hydrogens (tertiary/aromatic N) is 2. The molecule has 4 heteroatoms. The zero-order valence-corrected chi connectivity index (χ0v) is 11.3. The van der Waals surface area contributed by atoms with Crippen molar-refractivity contribution >= 4 is 16.7 Å². The lowest BCUT2D eigenvalue weighted by molar-refractivity contribution is 0.154. The van der Waals surface area contributed by atoms with Crippen LogP contribution >= 0.6 is 0 Å². The minimum atomic E-state index is -0.224. The lowest BCUT2D eigenvalue weighted by Crippen LogP contribution is -2.11. The Kier molecular flexibility index (Phi) is 3.19. The van der Waals surface area contributed by atoms with Gasteiger partial charge in [-0.25, -0.2) is 4.98 Å². The van der Waals surface area contributed by atoms with Crippen molar-refractivity contribution in [2.75, 3.05) is 5.73 Å². The van der Waals surface area contributed by atoms with Crippen LogP contribution in [0.2, 0.25) is 0 Å². The first-order valence-electron chi connectivity index (χ1n) is 7.12. The Balaban J connectivity index is 1.96. The molecule has 102 valence electrons. The molecule has 1 atom stereocenters. The van der Waals surface area contributed by atoms with Crippen molar-refractivity contribution in [1.29, 1.82) is 0 Å². The number of benzene rings is 1. The molecule has 0 spiro atoms. The molecule has 1 saturated carbocycles. The summed E-state index contributed by atoms with van der Waals surface area (Å²) in [7, 11) is 0. The number of aryl methyl sites for hydroxylation is 1. The molecule has 3 N–H and O–H groups in total. The summed E-state index contributed by atoms with van der Waals surface area (Å²) in [6.45, 7) is 2.85. The number of rotatable bonds is 5. The monoisotopic (exact) mass is 259 g/mol. The maximum Gasteiger partial charge on any atom is 0.112 e. The van der Waals surface area contributed by atoms with Gasteiger partial charge >= 0.3 is 0 Å². The third-order valence-corrected chi connectivity index (χ3v) is 3.90. The summed E-state index contributed by atoms with van der Waals surface area (Å²) in [4.78, 5) is 4.74. The van der Waals surface area contributed by atoms with Gasteiger partial charge in [0.05, 0.1) is 17.1 Å². The average molecular weight is 259 g/mol. The Morgan fingerprint density at radius 2 is 2.26 bits per heavy atom. The fourth-order valence-corrected chi connectivity index (χ4v) is 2.54. The number of hydrogen-bond donors (Lipinski definition) is 2. The van der Waals surface area contributed by atoms with Crippen molar-refractivity contribution in [3.8, 4) is 0 Å². The third-order valence-electron chi connectivity index (χ3n) is 3.90. The number of nitrogens with two attached hydrogens (primary N) is 1. The van der Waals surface area contributed by atoms with Gasteiger partial charge in [0.1, 0.15) is 5.82 Å². The van der Waals surface area contributed by atoms with E-state index in [0.29, 0.717) is 5.92 Å². The van der Waals surface area contributed by atoms with Crippen LogP contribution in [0.3, 0.4) is 0 Å². The minimum absolute atomic E-state index is 0.224. The van der Waals surface area contributed by atoms with Gasteiger partial charge in [0.2, 0.25) is 0 Å². The van der Waals surface area contributed by atoms with Crippen LogP contribution in [-0.4, -0.2) is 20.8 Å². The number of aliphatic hydroxyl groups is 1. The summed E-state index contributed by atoms with van der Waals surface area (Å²) in [5, 5.41) is 9.76. The van der Waals surface area contributed by atoms with E-state index in [1.165, 1.54) is 18.7 Å². The van der Waals surface area contributed by atoms with Gasteiger partial charge in [0.15, 0.2) is 0 Å². The molecule has 1 aliphatic rings. The van der Waals surface area contributed by atoms with E-state index in [9.17, 15) is 5.11 Å². The zero-order valence-electron chi connectivity index (χ0n) is 11.3. The lowest BCUT2D eigenvalue weighted by Gasteiger charge is -2.11. The molecule has 1 unspecified atom stereocenters. The number of imidazole rings is 1. The van der Waals surface area contributed by atoms with E-state index in [0.717, 1.165) is 36.1 Å². The molecule has 1 aromatic carbocycles. The summed E-state index contributed by atoms with van der Waals surface area (Å²) >= 11 is 0. The van der Waals surface area contributed by atoms with Gasteiger partial charge in [-0.2, -0.15) is 0 Å². The molecule has 1 heterocycles. The molecule has 0 aliphatic heterocycles. The largest absolute Gasteiger partial charge is 0.399 e. The maximum absolute atomic E-state index is 9.76. The number of anilines is 1. The molecule has 19 heavy (non-hydrogen) atoms. The molecular formula is C15H21N3O.